The van der Waals surface area contributed by atoms with Crippen LogP contribution in [0.3, 0.4) is 0 Å². The fourth-order valence-electron chi connectivity index (χ4n) is 3.57. The van der Waals surface area contributed by atoms with Crippen LogP contribution in [0.2, 0.25) is 0 Å². The van der Waals surface area contributed by atoms with E-state index in [1.807, 2.05) is 12.1 Å². The number of amides is 2. The van der Waals surface area contributed by atoms with Gasteiger partial charge in [0.25, 0.3) is 0 Å². The fraction of sp³-hybridized carbons (Fsp3) is 0.261. The lowest BCUT2D eigenvalue weighted by Crippen LogP contribution is -2.50. The SMILES string of the molecule is COc1cccc(OC)c1NC(=O)N1CCN(c2ccc(-c3ccc(F)cc3)nn2)CC1. The van der Waals surface area contributed by atoms with Crippen LogP contribution in [-0.4, -0.2) is 61.5 Å². The number of nitrogens with zero attached hydrogens (tertiary/aromatic N) is 4. The molecule has 2 heterocycles. The van der Waals surface area contributed by atoms with Crippen molar-refractivity contribution in [3.8, 4) is 22.8 Å². The first-order valence-corrected chi connectivity index (χ1v) is 10.2. The standard InChI is InChI=1S/C23H24FN5O3/c1-31-19-4-3-5-20(32-2)22(19)25-23(30)29-14-12-28(13-15-29)21-11-10-18(26-27-21)16-6-8-17(24)9-7-16/h3-11H,12-15H2,1-2H3,(H,25,30). The lowest BCUT2D eigenvalue weighted by molar-refractivity contribution is 0.207. The molecule has 32 heavy (non-hydrogen) atoms. The molecule has 0 spiro atoms. The molecule has 0 atom stereocenters. The number of halogens is 1. The summed E-state index contributed by atoms with van der Waals surface area (Å²) in [7, 11) is 3.09. The van der Waals surface area contributed by atoms with Crippen molar-refractivity contribution in [1.29, 1.82) is 0 Å². The van der Waals surface area contributed by atoms with Gasteiger partial charge in [0.05, 0.1) is 19.9 Å². The molecule has 1 aliphatic rings. The van der Waals surface area contributed by atoms with E-state index in [1.54, 1.807) is 49.5 Å². The minimum atomic E-state index is -0.288. The summed E-state index contributed by atoms with van der Waals surface area (Å²) in [5.74, 6) is 1.52. The Bertz CT molecular complexity index is 1050. The molecule has 8 nitrogen and oxygen atoms in total. The van der Waals surface area contributed by atoms with E-state index in [0.29, 0.717) is 49.1 Å². The van der Waals surface area contributed by atoms with Gasteiger partial charge in [0.15, 0.2) is 5.82 Å². The van der Waals surface area contributed by atoms with Crippen molar-refractivity contribution in [3.63, 3.8) is 0 Å². The molecule has 1 fully saturated rings. The quantitative estimate of drug-likeness (QED) is 0.656. The van der Waals surface area contributed by atoms with Gasteiger partial charge >= 0.3 is 6.03 Å². The van der Waals surface area contributed by atoms with Crippen molar-refractivity contribution in [1.82, 2.24) is 15.1 Å². The summed E-state index contributed by atoms with van der Waals surface area (Å²) in [6, 6.07) is 15.0. The zero-order valence-electron chi connectivity index (χ0n) is 17.9. The molecule has 0 bridgehead atoms. The third-order valence-electron chi connectivity index (χ3n) is 5.34. The largest absolute Gasteiger partial charge is 0.494 e. The Balaban J connectivity index is 1.37. The maximum Gasteiger partial charge on any atom is 0.322 e. The number of methoxy groups -OCH3 is 2. The molecule has 0 radical (unpaired) electrons. The van der Waals surface area contributed by atoms with Crippen LogP contribution in [0.15, 0.2) is 54.6 Å². The molecule has 3 aromatic rings. The van der Waals surface area contributed by atoms with E-state index in [-0.39, 0.29) is 11.8 Å². The van der Waals surface area contributed by atoms with E-state index in [1.165, 1.54) is 12.1 Å². The number of rotatable bonds is 5. The molecular weight excluding hydrogens is 413 g/mol. The molecule has 0 aliphatic carbocycles. The van der Waals surface area contributed by atoms with Crippen molar-refractivity contribution >= 4 is 17.5 Å². The van der Waals surface area contributed by atoms with E-state index in [4.69, 9.17) is 9.47 Å². The molecule has 2 amide bonds. The Kier molecular flexibility index (Phi) is 6.34. The summed E-state index contributed by atoms with van der Waals surface area (Å²) >= 11 is 0. The van der Waals surface area contributed by atoms with Crippen molar-refractivity contribution in [3.05, 3.63) is 60.4 Å². The van der Waals surface area contributed by atoms with Gasteiger partial charge in [-0.25, -0.2) is 9.18 Å². The number of carbonyl (C=O) groups is 1. The van der Waals surface area contributed by atoms with Crippen LogP contribution in [0.25, 0.3) is 11.3 Å². The summed E-state index contributed by atoms with van der Waals surface area (Å²) in [6.45, 7) is 2.32. The number of nitrogens with one attached hydrogen (secondary N) is 1. The summed E-state index contributed by atoms with van der Waals surface area (Å²) in [5, 5.41) is 11.5. The zero-order chi connectivity index (χ0) is 22.5. The van der Waals surface area contributed by atoms with Crippen LogP contribution in [0.1, 0.15) is 0 Å². The van der Waals surface area contributed by atoms with Crippen LogP contribution in [0.4, 0.5) is 20.7 Å². The molecule has 166 valence electrons. The maximum atomic E-state index is 13.1. The third-order valence-corrected chi connectivity index (χ3v) is 5.34. The highest BCUT2D eigenvalue weighted by atomic mass is 19.1. The van der Waals surface area contributed by atoms with Gasteiger partial charge in [0.1, 0.15) is 23.0 Å². The summed E-state index contributed by atoms with van der Waals surface area (Å²) in [6.07, 6.45) is 0. The molecule has 1 N–H and O–H groups in total. The Labute approximate surface area is 185 Å². The molecule has 0 unspecified atom stereocenters. The summed E-state index contributed by atoms with van der Waals surface area (Å²) in [4.78, 5) is 16.6. The monoisotopic (exact) mass is 437 g/mol. The Hall–Kier alpha value is -3.88. The maximum absolute atomic E-state index is 13.1. The summed E-state index contributed by atoms with van der Waals surface area (Å²) < 4.78 is 23.8. The highest BCUT2D eigenvalue weighted by molar-refractivity contribution is 5.93. The zero-order valence-corrected chi connectivity index (χ0v) is 17.9. The summed E-state index contributed by atoms with van der Waals surface area (Å²) in [5.41, 5.74) is 1.99. The van der Waals surface area contributed by atoms with Crippen molar-refractivity contribution in [2.24, 2.45) is 0 Å². The number of para-hydroxylation sites is 1. The minimum Gasteiger partial charge on any atom is -0.494 e. The van der Waals surface area contributed by atoms with Gasteiger partial charge in [-0.1, -0.05) is 6.07 Å². The second-order valence-electron chi connectivity index (χ2n) is 7.23. The number of hydrogen-bond donors (Lipinski definition) is 1. The van der Waals surface area contributed by atoms with Crippen LogP contribution in [0.5, 0.6) is 11.5 Å². The molecule has 0 saturated carbocycles. The lowest BCUT2D eigenvalue weighted by atomic mass is 10.1. The molecule has 1 saturated heterocycles. The average Bonchev–Trinajstić information content (AvgIpc) is 2.85. The number of carbonyl (C=O) groups excluding carboxylic acids is 1. The highest BCUT2D eigenvalue weighted by Gasteiger charge is 2.24. The topological polar surface area (TPSA) is 79.8 Å². The average molecular weight is 437 g/mol. The first kappa shape index (κ1) is 21.4. The predicted molar refractivity (Wildman–Crippen MR) is 120 cm³/mol. The lowest BCUT2D eigenvalue weighted by Gasteiger charge is -2.35. The van der Waals surface area contributed by atoms with Crippen LogP contribution >= 0.6 is 0 Å². The van der Waals surface area contributed by atoms with Gasteiger partial charge < -0.3 is 24.6 Å². The van der Waals surface area contributed by atoms with Crippen LogP contribution < -0.4 is 19.7 Å². The molecule has 4 rings (SSSR count). The van der Waals surface area contributed by atoms with Gasteiger partial charge in [-0.3, -0.25) is 0 Å². The number of aromatic nitrogens is 2. The van der Waals surface area contributed by atoms with Crippen molar-refractivity contribution in [2.75, 3.05) is 50.6 Å². The second-order valence-corrected chi connectivity index (χ2v) is 7.23. The van der Waals surface area contributed by atoms with Crippen molar-refractivity contribution in [2.45, 2.75) is 0 Å². The smallest absolute Gasteiger partial charge is 0.322 e. The number of piperazine rings is 1. The van der Waals surface area contributed by atoms with Gasteiger partial charge in [0.2, 0.25) is 0 Å². The first-order valence-electron chi connectivity index (χ1n) is 10.2. The number of benzene rings is 2. The van der Waals surface area contributed by atoms with E-state index < -0.39 is 0 Å². The Morgan fingerprint density at radius 1 is 0.906 bits per heavy atom. The van der Waals surface area contributed by atoms with E-state index >= 15 is 0 Å². The third kappa shape index (κ3) is 4.56. The number of urea groups is 1. The molecule has 2 aromatic carbocycles. The van der Waals surface area contributed by atoms with Gasteiger partial charge in [-0.15, -0.1) is 10.2 Å². The molecule has 1 aromatic heterocycles. The number of ether oxygens (including phenoxy) is 2. The van der Waals surface area contributed by atoms with E-state index in [2.05, 4.69) is 20.4 Å². The Morgan fingerprint density at radius 2 is 1.56 bits per heavy atom. The highest BCUT2D eigenvalue weighted by Crippen LogP contribution is 2.34. The minimum absolute atomic E-state index is 0.217. The normalized spacial score (nSPS) is 13.6. The fourth-order valence-corrected chi connectivity index (χ4v) is 3.57. The van der Waals surface area contributed by atoms with Gasteiger partial charge in [-0.2, -0.15) is 0 Å². The first-order chi connectivity index (χ1) is 15.6. The van der Waals surface area contributed by atoms with E-state index in [9.17, 15) is 9.18 Å². The number of anilines is 2. The van der Waals surface area contributed by atoms with E-state index in [0.717, 1.165) is 11.4 Å². The molecular formula is C23H24FN5O3. The van der Waals surface area contributed by atoms with Gasteiger partial charge in [0, 0.05) is 31.7 Å². The molecule has 9 heteroatoms. The van der Waals surface area contributed by atoms with Crippen molar-refractivity contribution < 1.29 is 18.7 Å². The van der Waals surface area contributed by atoms with Crippen LogP contribution in [0, 0.1) is 5.82 Å². The predicted octanol–water partition coefficient (Wildman–Crippen LogP) is 3.65. The van der Waals surface area contributed by atoms with Crippen LogP contribution in [-0.2, 0) is 0 Å². The Morgan fingerprint density at radius 3 is 2.12 bits per heavy atom. The van der Waals surface area contributed by atoms with Gasteiger partial charge in [-0.05, 0) is 48.5 Å². The second kappa shape index (κ2) is 9.51. The molecule has 1 aliphatic heterocycles. The number of hydrogen-bond acceptors (Lipinski definition) is 6.